The summed E-state index contributed by atoms with van der Waals surface area (Å²) in [7, 11) is 2.12. The predicted octanol–water partition coefficient (Wildman–Crippen LogP) is 3.65. The molecule has 0 atom stereocenters. The van der Waals surface area contributed by atoms with Crippen molar-refractivity contribution in [3.63, 3.8) is 0 Å². The van der Waals surface area contributed by atoms with E-state index in [-0.39, 0.29) is 5.69 Å². The maximum absolute atomic E-state index is 9.59. The molecule has 3 aromatic rings. The molecule has 1 aliphatic heterocycles. The number of likely N-dealkylation sites (tertiary alicyclic amines) is 1. The number of nitriles is 2. The number of nitrogens with zero attached hydrogens (tertiary/aromatic N) is 7. The number of hydrogen-bond donors (Lipinski definition) is 2. The van der Waals surface area contributed by atoms with Crippen LogP contribution in [0.25, 0.3) is 5.78 Å². The third-order valence-corrected chi connectivity index (χ3v) is 6.41. The Bertz CT molecular complexity index is 1260. The largest absolute Gasteiger partial charge is 0.352 e. The van der Waals surface area contributed by atoms with Crippen molar-refractivity contribution in [2.45, 2.75) is 37.6 Å². The minimum atomic E-state index is 0.268. The molecule has 1 saturated heterocycles. The van der Waals surface area contributed by atoms with Gasteiger partial charge < -0.3 is 15.5 Å². The number of nitrogens with one attached hydrogen (secondary N) is 2. The average molecular weight is 448 g/mol. The van der Waals surface area contributed by atoms with Crippen LogP contribution in [0.4, 0.5) is 17.6 Å². The number of imidazole rings is 1. The molecule has 2 fully saturated rings. The molecule has 0 radical (unpaired) electrons. The Labute approximate surface area is 190 Å². The van der Waals surface area contributed by atoms with Crippen LogP contribution in [0.3, 0.4) is 0 Å². The monoisotopic (exact) mass is 447 g/mol. The van der Waals surface area contributed by atoms with Gasteiger partial charge in [0.05, 0.1) is 28.5 Å². The van der Waals surface area contributed by atoms with Gasteiger partial charge in [-0.3, -0.25) is 4.40 Å². The van der Waals surface area contributed by atoms with Crippen LogP contribution in [-0.4, -0.2) is 50.4 Å². The molecule has 2 aliphatic rings. The molecule has 0 bridgehead atoms. The van der Waals surface area contributed by atoms with Crippen LogP contribution in [-0.2, 0) is 0 Å². The van der Waals surface area contributed by atoms with E-state index in [9.17, 15) is 10.5 Å². The first-order valence-corrected chi connectivity index (χ1v) is 11.0. The summed E-state index contributed by atoms with van der Waals surface area (Å²) in [6, 6.07) is 8.25. The van der Waals surface area contributed by atoms with Gasteiger partial charge in [-0.2, -0.15) is 25.5 Å². The summed E-state index contributed by atoms with van der Waals surface area (Å²) in [6.07, 6.45) is 5.75. The molecular formula is C22H22ClN9. The first kappa shape index (κ1) is 20.5. The fourth-order valence-corrected chi connectivity index (χ4v) is 4.35. The van der Waals surface area contributed by atoms with Gasteiger partial charge in [0.1, 0.15) is 6.07 Å². The van der Waals surface area contributed by atoms with Gasteiger partial charge >= 0.3 is 0 Å². The van der Waals surface area contributed by atoms with Crippen molar-refractivity contribution in [2.75, 3.05) is 30.8 Å². The van der Waals surface area contributed by atoms with Crippen molar-refractivity contribution in [3.05, 3.63) is 40.2 Å². The van der Waals surface area contributed by atoms with E-state index in [1.165, 1.54) is 0 Å². The number of piperidine rings is 1. The Balaban J connectivity index is 1.52. The van der Waals surface area contributed by atoms with E-state index in [4.69, 9.17) is 11.6 Å². The standard InChI is InChI=1S/C22H22ClN9/c1-31-6-4-14(5-7-31)17-8-13(10-24)9-18(19(17)23)28-20-29-21(26-15-2-3-15)32-12-16(11-25)27-22(32)30-20/h8-9,12,14-15H,2-7H2,1H3,(H2,26,27,28,29,30). The Morgan fingerprint density at radius 1 is 1.06 bits per heavy atom. The van der Waals surface area contributed by atoms with E-state index in [2.05, 4.69) is 43.6 Å². The maximum Gasteiger partial charge on any atom is 0.241 e. The Kier molecular flexibility index (Phi) is 5.30. The van der Waals surface area contributed by atoms with Crippen LogP contribution in [0.1, 0.15) is 48.4 Å². The number of halogens is 1. The summed E-state index contributed by atoms with van der Waals surface area (Å²) in [6.45, 7) is 2.00. The third-order valence-electron chi connectivity index (χ3n) is 5.99. The molecule has 2 aromatic heterocycles. The van der Waals surface area contributed by atoms with Gasteiger partial charge in [-0.1, -0.05) is 11.6 Å². The molecule has 10 heteroatoms. The maximum atomic E-state index is 9.59. The number of fused-ring (bicyclic) bond motifs is 1. The molecule has 3 heterocycles. The van der Waals surface area contributed by atoms with Crippen molar-refractivity contribution < 1.29 is 0 Å². The quantitative estimate of drug-likeness (QED) is 0.608. The van der Waals surface area contributed by atoms with Gasteiger partial charge in [-0.25, -0.2) is 0 Å². The molecule has 5 rings (SSSR count). The second-order valence-corrected chi connectivity index (χ2v) is 8.82. The highest BCUT2D eigenvalue weighted by Gasteiger charge is 2.25. The van der Waals surface area contributed by atoms with Crippen molar-refractivity contribution in [1.29, 1.82) is 10.5 Å². The lowest BCUT2D eigenvalue weighted by atomic mass is 9.88. The molecule has 1 saturated carbocycles. The summed E-state index contributed by atoms with van der Waals surface area (Å²) in [5.74, 6) is 1.54. The van der Waals surface area contributed by atoms with Crippen molar-refractivity contribution in [2.24, 2.45) is 0 Å². The molecular weight excluding hydrogens is 426 g/mol. The second-order valence-electron chi connectivity index (χ2n) is 8.44. The molecule has 1 aliphatic carbocycles. The fraction of sp³-hybridized carbons (Fsp3) is 0.409. The molecule has 0 amide bonds. The highest BCUT2D eigenvalue weighted by Crippen LogP contribution is 2.38. The van der Waals surface area contributed by atoms with E-state index in [1.54, 1.807) is 16.7 Å². The van der Waals surface area contributed by atoms with E-state index in [0.717, 1.165) is 44.3 Å². The van der Waals surface area contributed by atoms with Crippen LogP contribution < -0.4 is 10.6 Å². The van der Waals surface area contributed by atoms with Gasteiger partial charge in [-0.05, 0) is 69.4 Å². The fourth-order valence-electron chi connectivity index (χ4n) is 4.04. The smallest absolute Gasteiger partial charge is 0.241 e. The Morgan fingerprint density at radius 3 is 2.53 bits per heavy atom. The molecule has 1 aromatic carbocycles. The normalized spacial score (nSPS) is 17.1. The van der Waals surface area contributed by atoms with Crippen LogP contribution in [0.15, 0.2) is 18.3 Å². The first-order valence-electron chi connectivity index (χ1n) is 10.7. The van der Waals surface area contributed by atoms with Crippen molar-refractivity contribution >= 4 is 35.0 Å². The molecule has 162 valence electrons. The highest BCUT2D eigenvalue weighted by molar-refractivity contribution is 6.34. The third kappa shape index (κ3) is 4.05. The van der Waals surface area contributed by atoms with E-state index in [1.807, 2.05) is 12.1 Å². The van der Waals surface area contributed by atoms with Crippen molar-refractivity contribution in [1.82, 2.24) is 24.3 Å². The summed E-state index contributed by atoms with van der Waals surface area (Å²) >= 11 is 6.82. The summed E-state index contributed by atoms with van der Waals surface area (Å²) in [5.41, 5.74) is 2.37. The second kappa shape index (κ2) is 8.27. The molecule has 0 unspecified atom stereocenters. The van der Waals surface area contributed by atoms with Crippen LogP contribution >= 0.6 is 11.6 Å². The zero-order valence-corrected chi connectivity index (χ0v) is 18.4. The van der Waals surface area contributed by atoms with Crippen molar-refractivity contribution in [3.8, 4) is 12.1 Å². The number of anilines is 3. The molecule has 2 N–H and O–H groups in total. The topological polar surface area (TPSA) is 118 Å². The lowest BCUT2D eigenvalue weighted by molar-refractivity contribution is 0.255. The Morgan fingerprint density at radius 2 is 1.84 bits per heavy atom. The van der Waals surface area contributed by atoms with E-state index >= 15 is 0 Å². The zero-order chi connectivity index (χ0) is 22.2. The van der Waals surface area contributed by atoms with Gasteiger partial charge in [0.15, 0.2) is 5.69 Å². The SMILES string of the molecule is CN1CCC(c2cc(C#N)cc(Nc3nc(NC4CC4)n4cc(C#N)nc4n3)c2Cl)CC1. The number of aromatic nitrogens is 4. The van der Waals surface area contributed by atoms with E-state index in [0.29, 0.717) is 45.9 Å². The number of rotatable bonds is 5. The minimum Gasteiger partial charge on any atom is -0.352 e. The first-order chi connectivity index (χ1) is 15.5. The molecule has 32 heavy (non-hydrogen) atoms. The van der Waals surface area contributed by atoms with Gasteiger partial charge in [0, 0.05) is 6.04 Å². The van der Waals surface area contributed by atoms with Gasteiger partial charge in [0.2, 0.25) is 17.7 Å². The van der Waals surface area contributed by atoms with Gasteiger partial charge in [0.25, 0.3) is 0 Å². The van der Waals surface area contributed by atoms with E-state index < -0.39 is 0 Å². The summed E-state index contributed by atoms with van der Waals surface area (Å²) in [5, 5.41) is 26.0. The average Bonchev–Trinajstić information content (AvgIpc) is 3.51. The van der Waals surface area contributed by atoms with Crippen LogP contribution in [0.2, 0.25) is 5.02 Å². The number of hydrogen-bond acceptors (Lipinski definition) is 8. The molecule has 9 nitrogen and oxygen atoms in total. The predicted molar refractivity (Wildman–Crippen MR) is 121 cm³/mol. The van der Waals surface area contributed by atoms with Gasteiger partial charge in [-0.15, -0.1) is 0 Å². The minimum absolute atomic E-state index is 0.268. The lowest BCUT2D eigenvalue weighted by Gasteiger charge is -2.30. The lowest BCUT2D eigenvalue weighted by Crippen LogP contribution is -2.29. The highest BCUT2D eigenvalue weighted by atomic mass is 35.5. The number of benzene rings is 1. The zero-order valence-electron chi connectivity index (χ0n) is 17.6. The summed E-state index contributed by atoms with van der Waals surface area (Å²) < 4.78 is 1.68. The van der Waals surface area contributed by atoms with Crippen LogP contribution in [0, 0.1) is 22.7 Å². The Hall–Kier alpha value is -3.40. The summed E-state index contributed by atoms with van der Waals surface area (Å²) in [4.78, 5) is 15.6. The molecule has 0 spiro atoms. The van der Waals surface area contributed by atoms with Crippen LogP contribution in [0.5, 0.6) is 0 Å².